The second-order valence-corrected chi connectivity index (χ2v) is 7.82. The number of hydrogen-bond donors (Lipinski definition) is 1. The maximum Gasteiger partial charge on any atom is 0.307 e. The van der Waals surface area contributed by atoms with Crippen molar-refractivity contribution in [3.63, 3.8) is 0 Å². The molecule has 1 unspecified atom stereocenters. The number of hydrogen-bond acceptors (Lipinski definition) is 3. The van der Waals surface area contributed by atoms with E-state index in [-0.39, 0.29) is 17.7 Å². The van der Waals surface area contributed by atoms with Gasteiger partial charge in [0.05, 0.1) is 11.7 Å². The Bertz CT molecular complexity index is 383. The van der Waals surface area contributed by atoms with Gasteiger partial charge >= 0.3 is 5.97 Å². The Morgan fingerprint density at radius 3 is 2.47 bits per heavy atom. The van der Waals surface area contributed by atoms with E-state index >= 15 is 0 Å². The molecule has 1 N–H and O–H groups in total. The van der Waals surface area contributed by atoms with Crippen molar-refractivity contribution in [3.8, 4) is 0 Å². The van der Waals surface area contributed by atoms with Crippen molar-refractivity contribution in [1.82, 2.24) is 4.31 Å². The van der Waals surface area contributed by atoms with Crippen LogP contribution in [0.15, 0.2) is 0 Å². The Morgan fingerprint density at radius 2 is 2.00 bits per heavy atom. The largest absolute Gasteiger partial charge is 0.481 e. The van der Waals surface area contributed by atoms with Gasteiger partial charge in [-0.05, 0) is 18.3 Å². The number of rotatable bonds is 3. The summed E-state index contributed by atoms with van der Waals surface area (Å²) >= 11 is 0. The van der Waals surface area contributed by atoms with Crippen LogP contribution in [0.4, 0.5) is 0 Å². The van der Waals surface area contributed by atoms with E-state index < -0.39 is 21.9 Å². The van der Waals surface area contributed by atoms with E-state index in [2.05, 4.69) is 0 Å². The lowest BCUT2D eigenvalue weighted by Crippen LogP contribution is -2.44. The van der Waals surface area contributed by atoms with E-state index in [1.807, 2.05) is 20.8 Å². The fraction of sp³-hybridized carbons (Fsp3) is 0.909. The molecule has 17 heavy (non-hydrogen) atoms. The minimum atomic E-state index is -3.34. The van der Waals surface area contributed by atoms with E-state index in [0.29, 0.717) is 19.4 Å². The number of carboxylic acids is 1. The highest BCUT2D eigenvalue weighted by atomic mass is 32.2. The molecule has 1 atom stereocenters. The summed E-state index contributed by atoms with van der Waals surface area (Å²) < 4.78 is 25.5. The summed E-state index contributed by atoms with van der Waals surface area (Å²) in [6.45, 7) is 6.16. The van der Waals surface area contributed by atoms with Gasteiger partial charge in [0, 0.05) is 13.1 Å². The molecule has 0 aromatic rings. The predicted octanol–water partition coefficient (Wildman–Crippen LogP) is 1.16. The molecule has 100 valence electrons. The molecule has 0 radical (unpaired) electrons. The molecule has 1 fully saturated rings. The Hall–Kier alpha value is -0.620. The van der Waals surface area contributed by atoms with Crippen LogP contribution in [0.25, 0.3) is 0 Å². The smallest absolute Gasteiger partial charge is 0.307 e. The van der Waals surface area contributed by atoms with Gasteiger partial charge in [-0.2, -0.15) is 0 Å². The van der Waals surface area contributed by atoms with Gasteiger partial charge < -0.3 is 5.11 Å². The number of aliphatic carboxylic acids is 1. The molecule has 1 aliphatic rings. The standard InChI is InChI=1S/C11H21NO4S/c1-11(2,3)8-17(15,16)12-6-4-5-9(7-12)10(13)14/h9H,4-8H2,1-3H3,(H,13,14). The number of carbonyl (C=O) groups is 1. The summed E-state index contributed by atoms with van der Waals surface area (Å²) in [6.07, 6.45) is 1.19. The highest BCUT2D eigenvalue weighted by Crippen LogP contribution is 2.24. The van der Waals surface area contributed by atoms with Gasteiger partial charge in [0.2, 0.25) is 10.0 Å². The molecule has 0 bridgehead atoms. The van der Waals surface area contributed by atoms with E-state index in [1.165, 1.54) is 4.31 Å². The van der Waals surface area contributed by atoms with Gasteiger partial charge in [-0.15, -0.1) is 0 Å². The Balaban J connectivity index is 2.75. The molecule has 0 saturated carbocycles. The van der Waals surface area contributed by atoms with Crippen LogP contribution in [0, 0.1) is 11.3 Å². The van der Waals surface area contributed by atoms with Crippen LogP contribution in [-0.4, -0.2) is 42.6 Å². The predicted molar refractivity (Wildman–Crippen MR) is 65.2 cm³/mol. The normalized spacial score (nSPS) is 23.6. The first kappa shape index (κ1) is 14.4. The molecule has 1 heterocycles. The zero-order valence-electron chi connectivity index (χ0n) is 10.6. The van der Waals surface area contributed by atoms with E-state index in [4.69, 9.17) is 5.11 Å². The average Bonchev–Trinajstić information content (AvgIpc) is 2.14. The summed E-state index contributed by atoms with van der Waals surface area (Å²) in [5.74, 6) is -1.40. The summed E-state index contributed by atoms with van der Waals surface area (Å²) in [5.41, 5.74) is -0.311. The molecule has 0 aromatic carbocycles. The Labute approximate surface area is 103 Å². The lowest BCUT2D eigenvalue weighted by Gasteiger charge is -2.32. The van der Waals surface area contributed by atoms with Gasteiger partial charge in [0.25, 0.3) is 0 Å². The third-order valence-corrected chi connectivity index (χ3v) is 5.09. The Morgan fingerprint density at radius 1 is 1.41 bits per heavy atom. The number of sulfonamides is 1. The number of carboxylic acid groups (broad SMARTS) is 1. The summed E-state index contributed by atoms with van der Waals surface area (Å²) in [6, 6.07) is 0. The first-order chi connectivity index (χ1) is 7.62. The third kappa shape index (κ3) is 4.27. The first-order valence-electron chi connectivity index (χ1n) is 5.82. The van der Waals surface area contributed by atoms with Crippen LogP contribution in [-0.2, 0) is 14.8 Å². The van der Waals surface area contributed by atoms with Gasteiger partial charge in [0.15, 0.2) is 0 Å². The molecule has 0 aliphatic carbocycles. The monoisotopic (exact) mass is 263 g/mol. The maximum atomic E-state index is 12.1. The van der Waals surface area contributed by atoms with Crippen molar-refractivity contribution in [1.29, 1.82) is 0 Å². The van der Waals surface area contributed by atoms with Crippen LogP contribution in [0.1, 0.15) is 33.6 Å². The molecule has 1 rings (SSSR count). The Kier molecular flexibility index (Phi) is 4.19. The van der Waals surface area contributed by atoms with E-state index in [0.717, 1.165) is 0 Å². The van der Waals surface area contributed by atoms with Crippen molar-refractivity contribution in [3.05, 3.63) is 0 Å². The molecular formula is C11H21NO4S. The molecule has 6 heteroatoms. The van der Waals surface area contributed by atoms with Crippen molar-refractivity contribution in [2.75, 3.05) is 18.8 Å². The van der Waals surface area contributed by atoms with Crippen molar-refractivity contribution in [2.24, 2.45) is 11.3 Å². The van der Waals surface area contributed by atoms with Gasteiger partial charge in [-0.1, -0.05) is 20.8 Å². The zero-order chi connectivity index (χ0) is 13.3. The van der Waals surface area contributed by atoms with Crippen LogP contribution < -0.4 is 0 Å². The maximum absolute atomic E-state index is 12.1. The minimum absolute atomic E-state index is 0.0618. The van der Waals surface area contributed by atoms with Crippen molar-refractivity contribution >= 4 is 16.0 Å². The van der Waals surface area contributed by atoms with Gasteiger partial charge in [-0.25, -0.2) is 12.7 Å². The quantitative estimate of drug-likeness (QED) is 0.829. The second kappa shape index (κ2) is 4.94. The van der Waals surface area contributed by atoms with Crippen molar-refractivity contribution in [2.45, 2.75) is 33.6 Å². The fourth-order valence-electron chi connectivity index (χ4n) is 2.04. The number of nitrogens with zero attached hydrogens (tertiary/aromatic N) is 1. The average molecular weight is 263 g/mol. The van der Waals surface area contributed by atoms with Crippen LogP contribution in [0.5, 0.6) is 0 Å². The molecule has 0 aromatic heterocycles. The molecule has 0 spiro atoms. The molecule has 1 saturated heterocycles. The van der Waals surface area contributed by atoms with Gasteiger partial charge in [-0.3, -0.25) is 4.79 Å². The summed E-state index contributed by atoms with van der Waals surface area (Å²) in [5, 5.41) is 8.93. The van der Waals surface area contributed by atoms with Crippen molar-refractivity contribution < 1.29 is 18.3 Å². The topological polar surface area (TPSA) is 74.7 Å². The lowest BCUT2D eigenvalue weighted by atomic mass is 10.0. The molecule has 1 aliphatic heterocycles. The molecule has 0 amide bonds. The number of piperidine rings is 1. The zero-order valence-corrected chi connectivity index (χ0v) is 11.5. The molecule has 5 nitrogen and oxygen atoms in total. The van der Waals surface area contributed by atoms with Crippen LogP contribution in [0.3, 0.4) is 0 Å². The highest BCUT2D eigenvalue weighted by molar-refractivity contribution is 7.89. The van der Waals surface area contributed by atoms with Crippen LogP contribution in [0.2, 0.25) is 0 Å². The highest BCUT2D eigenvalue weighted by Gasteiger charge is 2.34. The molecular weight excluding hydrogens is 242 g/mol. The van der Waals surface area contributed by atoms with Crippen LogP contribution >= 0.6 is 0 Å². The van der Waals surface area contributed by atoms with E-state index in [1.54, 1.807) is 0 Å². The third-order valence-electron chi connectivity index (χ3n) is 2.74. The lowest BCUT2D eigenvalue weighted by molar-refractivity contribution is -0.142. The second-order valence-electron chi connectivity index (χ2n) is 5.85. The summed E-state index contributed by atoms with van der Waals surface area (Å²) in [4.78, 5) is 10.9. The summed E-state index contributed by atoms with van der Waals surface area (Å²) in [7, 11) is -3.34. The first-order valence-corrected chi connectivity index (χ1v) is 7.43. The fourth-order valence-corrected chi connectivity index (χ4v) is 4.13. The minimum Gasteiger partial charge on any atom is -0.481 e. The van der Waals surface area contributed by atoms with E-state index in [9.17, 15) is 13.2 Å². The van der Waals surface area contributed by atoms with Gasteiger partial charge in [0.1, 0.15) is 0 Å². The SMILES string of the molecule is CC(C)(C)CS(=O)(=O)N1CCCC(C(=O)O)C1.